The lowest BCUT2D eigenvalue weighted by Gasteiger charge is -2.04. The minimum absolute atomic E-state index is 0.0686. The van der Waals surface area contributed by atoms with Crippen LogP contribution in [0.3, 0.4) is 0 Å². The summed E-state index contributed by atoms with van der Waals surface area (Å²) in [5, 5.41) is 10.4. The van der Waals surface area contributed by atoms with Gasteiger partial charge in [-0.15, -0.1) is 6.58 Å². The van der Waals surface area contributed by atoms with Gasteiger partial charge in [-0.2, -0.15) is 0 Å². The maximum absolute atomic E-state index is 11.5. The molecule has 18 heavy (non-hydrogen) atoms. The van der Waals surface area contributed by atoms with Gasteiger partial charge < -0.3 is 9.47 Å². The van der Waals surface area contributed by atoms with Crippen molar-refractivity contribution < 1.29 is 19.2 Å². The molecule has 0 aliphatic carbocycles. The topological polar surface area (TPSA) is 78.7 Å². The Kier molecular flexibility index (Phi) is 5.53. The Morgan fingerprint density at radius 2 is 2.00 bits per heavy atom. The minimum atomic E-state index is -0.535. The summed E-state index contributed by atoms with van der Waals surface area (Å²) in [4.78, 5) is 21.4. The molecule has 0 N–H and O–H groups in total. The SMILES string of the molecule is C=CCOCCOC(=O)c1ccc([N+](=O)[O-])cc1. The number of ether oxygens (including phenoxy) is 2. The molecule has 0 saturated heterocycles. The van der Waals surface area contributed by atoms with Gasteiger partial charge in [0, 0.05) is 12.1 Å². The van der Waals surface area contributed by atoms with Crippen molar-refractivity contribution in [2.75, 3.05) is 19.8 Å². The molecule has 0 unspecified atom stereocenters. The fraction of sp³-hybridized carbons (Fsp3) is 0.250. The highest BCUT2D eigenvalue weighted by Crippen LogP contribution is 2.12. The van der Waals surface area contributed by atoms with E-state index in [1.165, 1.54) is 24.3 Å². The first-order chi connectivity index (χ1) is 8.65. The summed E-state index contributed by atoms with van der Waals surface area (Å²) in [6, 6.07) is 5.21. The van der Waals surface area contributed by atoms with Crippen molar-refractivity contribution in [1.29, 1.82) is 0 Å². The lowest BCUT2D eigenvalue weighted by molar-refractivity contribution is -0.384. The molecule has 0 aromatic heterocycles. The van der Waals surface area contributed by atoms with E-state index in [0.29, 0.717) is 6.61 Å². The summed E-state index contributed by atoms with van der Waals surface area (Å²) in [6.07, 6.45) is 1.60. The van der Waals surface area contributed by atoms with Gasteiger partial charge in [-0.1, -0.05) is 6.08 Å². The fourth-order valence-corrected chi connectivity index (χ4v) is 1.16. The minimum Gasteiger partial charge on any atom is -0.460 e. The quantitative estimate of drug-likeness (QED) is 0.243. The molecule has 0 radical (unpaired) electrons. The number of benzene rings is 1. The summed E-state index contributed by atoms with van der Waals surface area (Å²) < 4.78 is 9.94. The lowest BCUT2D eigenvalue weighted by Crippen LogP contribution is -2.10. The summed E-state index contributed by atoms with van der Waals surface area (Å²) in [5.74, 6) is -0.535. The van der Waals surface area contributed by atoms with Crippen LogP contribution in [0.2, 0.25) is 0 Å². The highest BCUT2D eigenvalue weighted by molar-refractivity contribution is 5.89. The average molecular weight is 251 g/mol. The van der Waals surface area contributed by atoms with Crippen molar-refractivity contribution in [1.82, 2.24) is 0 Å². The molecule has 1 rings (SSSR count). The Morgan fingerprint density at radius 1 is 1.33 bits per heavy atom. The van der Waals surface area contributed by atoms with E-state index in [2.05, 4.69) is 6.58 Å². The third kappa shape index (κ3) is 4.34. The molecule has 0 atom stereocenters. The molecular weight excluding hydrogens is 238 g/mol. The molecule has 0 heterocycles. The molecule has 0 fully saturated rings. The van der Waals surface area contributed by atoms with Gasteiger partial charge in [0.05, 0.1) is 23.7 Å². The van der Waals surface area contributed by atoms with Crippen LogP contribution in [0, 0.1) is 10.1 Å². The van der Waals surface area contributed by atoms with E-state index in [-0.39, 0.29) is 24.5 Å². The summed E-state index contributed by atoms with van der Waals surface area (Å²) in [5.41, 5.74) is 0.199. The molecule has 0 saturated carbocycles. The Bertz CT molecular complexity index is 427. The molecule has 96 valence electrons. The van der Waals surface area contributed by atoms with E-state index in [0.717, 1.165) is 0 Å². The van der Waals surface area contributed by atoms with Crippen molar-refractivity contribution in [2.24, 2.45) is 0 Å². The van der Waals surface area contributed by atoms with E-state index >= 15 is 0 Å². The van der Waals surface area contributed by atoms with Gasteiger partial charge in [0.1, 0.15) is 6.61 Å². The fourth-order valence-electron chi connectivity index (χ4n) is 1.16. The number of hydrogen-bond donors (Lipinski definition) is 0. The van der Waals surface area contributed by atoms with Crippen LogP contribution in [0.15, 0.2) is 36.9 Å². The van der Waals surface area contributed by atoms with Crippen molar-refractivity contribution in [3.05, 3.63) is 52.6 Å². The predicted octanol–water partition coefficient (Wildman–Crippen LogP) is 1.95. The standard InChI is InChI=1S/C12H13NO5/c1-2-7-17-8-9-18-12(14)10-3-5-11(6-4-10)13(15)16/h2-6H,1,7-9H2. The molecule has 6 nitrogen and oxygen atoms in total. The van der Waals surface area contributed by atoms with Crippen LogP contribution in [-0.4, -0.2) is 30.7 Å². The molecule has 0 aliphatic rings. The maximum atomic E-state index is 11.5. The van der Waals surface area contributed by atoms with Gasteiger partial charge in [-0.25, -0.2) is 4.79 Å². The van der Waals surface area contributed by atoms with E-state index in [1.54, 1.807) is 6.08 Å². The molecule has 1 aromatic rings. The van der Waals surface area contributed by atoms with Crippen LogP contribution in [0.25, 0.3) is 0 Å². The number of hydrogen-bond acceptors (Lipinski definition) is 5. The van der Waals surface area contributed by atoms with Crippen LogP contribution in [-0.2, 0) is 9.47 Å². The zero-order chi connectivity index (χ0) is 13.4. The van der Waals surface area contributed by atoms with E-state index in [1.807, 2.05) is 0 Å². The number of esters is 1. The highest BCUT2D eigenvalue weighted by Gasteiger charge is 2.10. The lowest BCUT2D eigenvalue weighted by atomic mass is 10.2. The second kappa shape index (κ2) is 7.18. The van der Waals surface area contributed by atoms with Crippen LogP contribution in [0.5, 0.6) is 0 Å². The second-order valence-electron chi connectivity index (χ2n) is 3.30. The first-order valence-electron chi connectivity index (χ1n) is 5.25. The van der Waals surface area contributed by atoms with Crippen LogP contribution in [0.4, 0.5) is 5.69 Å². The largest absolute Gasteiger partial charge is 0.460 e. The maximum Gasteiger partial charge on any atom is 0.338 e. The normalized spacial score (nSPS) is 9.78. The monoisotopic (exact) mass is 251 g/mol. The Labute approximate surface area is 104 Å². The zero-order valence-electron chi connectivity index (χ0n) is 9.70. The third-order valence-electron chi connectivity index (χ3n) is 2.01. The second-order valence-corrected chi connectivity index (χ2v) is 3.30. The number of rotatable bonds is 7. The summed E-state index contributed by atoms with van der Waals surface area (Å²) >= 11 is 0. The van der Waals surface area contributed by atoms with E-state index in [9.17, 15) is 14.9 Å². The van der Waals surface area contributed by atoms with Gasteiger partial charge in [-0.05, 0) is 12.1 Å². The van der Waals surface area contributed by atoms with Crippen molar-refractivity contribution in [2.45, 2.75) is 0 Å². The Hall–Kier alpha value is -2.21. The van der Waals surface area contributed by atoms with Crippen molar-refractivity contribution >= 4 is 11.7 Å². The molecule has 0 spiro atoms. The number of non-ortho nitro benzene ring substituents is 1. The van der Waals surface area contributed by atoms with Crippen LogP contribution < -0.4 is 0 Å². The average Bonchev–Trinajstić information content (AvgIpc) is 2.38. The van der Waals surface area contributed by atoms with E-state index in [4.69, 9.17) is 9.47 Å². The molecule has 1 aromatic carbocycles. The summed E-state index contributed by atoms with van der Waals surface area (Å²) in [7, 11) is 0. The Balaban J connectivity index is 2.41. The predicted molar refractivity (Wildman–Crippen MR) is 64.4 cm³/mol. The van der Waals surface area contributed by atoms with Crippen LogP contribution >= 0.6 is 0 Å². The zero-order valence-corrected chi connectivity index (χ0v) is 9.70. The third-order valence-corrected chi connectivity index (χ3v) is 2.01. The molecular formula is C12H13NO5. The first-order valence-corrected chi connectivity index (χ1v) is 5.25. The Morgan fingerprint density at radius 3 is 2.56 bits per heavy atom. The number of nitro benzene ring substituents is 1. The van der Waals surface area contributed by atoms with Gasteiger partial charge in [0.2, 0.25) is 0 Å². The van der Waals surface area contributed by atoms with Crippen molar-refractivity contribution in [3.63, 3.8) is 0 Å². The number of carbonyl (C=O) groups excluding carboxylic acids is 1. The molecule has 6 heteroatoms. The highest BCUT2D eigenvalue weighted by atomic mass is 16.6. The summed E-state index contributed by atoms with van der Waals surface area (Å²) in [6.45, 7) is 4.28. The van der Waals surface area contributed by atoms with Gasteiger partial charge in [0.15, 0.2) is 0 Å². The molecule has 0 bridgehead atoms. The first kappa shape index (κ1) is 13.9. The van der Waals surface area contributed by atoms with Crippen LogP contribution in [0.1, 0.15) is 10.4 Å². The molecule has 0 amide bonds. The number of carbonyl (C=O) groups is 1. The van der Waals surface area contributed by atoms with Gasteiger partial charge in [0.25, 0.3) is 5.69 Å². The van der Waals surface area contributed by atoms with E-state index < -0.39 is 10.9 Å². The van der Waals surface area contributed by atoms with Crippen molar-refractivity contribution in [3.8, 4) is 0 Å². The number of nitrogens with zero attached hydrogens (tertiary/aromatic N) is 1. The number of nitro groups is 1. The smallest absolute Gasteiger partial charge is 0.338 e. The van der Waals surface area contributed by atoms with Gasteiger partial charge >= 0.3 is 5.97 Å². The molecule has 0 aliphatic heterocycles. The van der Waals surface area contributed by atoms with Gasteiger partial charge in [-0.3, -0.25) is 10.1 Å².